The molecule has 3 N–H and O–H groups in total. The molecule has 0 saturated heterocycles. The average Bonchev–Trinajstić information content (AvgIpc) is 2.36. The largest absolute Gasteiger partial charge is 0.334 e. The van der Waals surface area contributed by atoms with Crippen LogP contribution in [-0.2, 0) is 0 Å². The molecule has 1 aromatic carbocycles. The number of urea groups is 1. The van der Waals surface area contributed by atoms with Crippen molar-refractivity contribution < 1.29 is 4.79 Å². The lowest BCUT2D eigenvalue weighted by molar-refractivity contribution is 0.245. The van der Waals surface area contributed by atoms with Crippen LogP contribution in [0.4, 0.5) is 10.5 Å². The maximum absolute atomic E-state index is 11.9. The maximum Gasteiger partial charge on any atom is 0.319 e. The normalized spacial score (nSPS) is 13.9. The molecule has 0 bridgehead atoms. The molecule has 1 rings (SSSR count). The monoisotopic (exact) mass is 278 g/mol. The first kappa shape index (κ1) is 16.5. The Morgan fingerprint density at radius 1 is 1.30 bits per heavy atom. The molecule has 112 valence electrons. The van der Waals surface area contributed by atoms with Gasteiger partial charge in [-0.25, -0.2) is 4.79 Å². The van der Waals surface area contributed by atoms with Crippen LogP contribution >= 0.6 is 0 Å². The van der Waals surface area contributed by atoms with E-state index in [0.29, 0.717) is 0 Å². The van der Waals surface area contributed by atoms with Crippen molar-refractivity contribution >= 4 is 11.7 Å². The molecular formula is C15H26N4O. The number of nitrogens with one attached hydrogen (secondary N) is 3. The van der Waals surface area contributed by atoms with Crippen LogP contribution in [0.3, 0.4) is 0 Å². The van der Waals surface area contributed by atoms with Gasteiger partial charge in [-0.15, -0.1) is 0 Å². The van der Waals surface area contributed by atoms with E-state index in [9.17, 15) is 4.79 Å². The van der Waals surface area contributed by atoms with Gasteiger partial charge in [0.1, 0.15) is 0 Å². The van der Waals surface area contributed by atoms with E-state index in [1.807, 2.05) is 57.2 Å². The van der Waals surface area contributed by atoms with Crippen LogP contribution < -0.4 is 16.0 Å². The Hall–Kier alpha value is -1.59. The molecule has 0 fully saturated rings. The minimum absolute atomic E-state index is 0.101. The summed E-state index contributed by atoms with van der Waals surface area (Å²) in [6, 6.07) is 8.05. The van der Waals surface area contributed by atoms with Gasteiger partial charge in [-0.3, -0.25) is 0 Å². The summed E-state index contributed by atoms with van der Waals surface area (Å²) < 4.78 is 0. The van der Waals surface area contributed by atoms with Crippen LogP contribution in [0, 0.1) is 0 Å². The van der Waals surface area contributed by atoms with Crippen LogP contribution in [-0.4, -0.2) is 44.7 Å². The highest BCUT2D eigenvalue weighted by Gasteiger charge is 2.09. The molecule has 2 atom stereocenters. The quantitative estimate of drug-likeness (QED) is 0.746. The van der Waals surface area contributed by atoms with E-state index >= 15 is 0 Å². The number of anilines is 1. The van der Waals surface area contributed by atoms with Gasteiger partial charge in [0.2, 0.25) is 0 Å². The third kappa shape index (κ3) is 5.59. The number of carbonyl (C=O) groups is 1. The van der Waals surface area contributed by atoms with Crippen LogP contribution in [0.15, 0.2) is 24.3 Å². The summed E-state index contributed by atoms with van der Waals surface area (Å²) in [5.41, 5.74) is 1.95. The van der Waals surface area contributed by atoms with Crippen molar-refractivity contribution in [3.63, 3.8) is 0 Å². The summed E-state index contributed by atoms with van der Waals surface area (Å²) in [5.74, 6) is 0. The predicted molar refractivity (Wildman–Crippen MR) is 84.1 cm³/mol. The zero-order valence-corrected chi connectivity index (χ0v) is 13.0. The molecular weight excluding hydrogens is 252 g/mol. The van der Waals surface area contributed by atoms with E-state index in [2.05, 4.69) is 22.9 Å². The summed E-state index contributed by atoms with van der Waals surface area (Å²) in [7, 11) is 5.89. The number of hydrogen-bond acceptors (Lipinski definition) is 3. The zero-order chi connectivity index (χ0) is 15.1. The van der Waals surface area contributed by atoms with E-state index in [1.54, 1.807) is 0 Å². The average molecular weight is 278 g/mol. The second-order valence-corrected chi connectivity index (χ2v) is 5.40. The highest BCUT2D eigenvalue weighted by atomic mass is 16.2. The number of hydrogen-bond donors (Lipinski definition) is 3. The highest BCUT2D eigenvalue weighted by Crippen LogP contribution is 2.16. The number of benzene rings is 1. The zero-order valence-electron chi connectivity index (χ0n) is 13.0. The van der Waals surface area contributed by atoms with Crippen molar-refractivity contribution in [3.8, 4) is 0 Å². The Labute approximate surface area is 121 Å². The van der Waals surface area contributed by atoms with Crippen molar-refractivity contribution in [1.29, 1.82) is 0 Å². The number of likely N-dealkylation sites (N-methyl/N-ethyl adjacent to an activating group) is 1. The van der Waals surface area contributed by atoms with Crippen molar-refractivity contribution in [2.24, 2.45) is 0 Å². The van der Waals surface area contributed by atoms with Gasteiger partial charge in [0, 0.05) is 24.3 Å². The Morgan fingerprint density at radius 3 is 2.60 bits per heavy atom. The van der Waals surface area contributed by atoms with Crippen LogP contribution in [0.5, 0.6) is 0 Å². The summed E-state index contributed by atoms with van der Waals surface area (Å²) >= 11 is 0. The molecule has 0 saturated carbocycles. The molecule has 1 aromatic rings. The van der Waals surface area contributed by atoms with Gasteiger partial charge in [-0.2, -0.15) is 0 Å². The van der Waals surface area contributed by atoms with Crippen molar-refractivity contribution in [1.82, 2.24) is 15.5 Å². The topological polar surface area (TPSA) is 56.4 Å². The summed E-state index contributed by atoms with van der Waals surface area (Å²) in [6.07, 6.45) is 0. The summed E-state index contributed by atoms with van der Waals surface area (Å²) in [5, 5.41) is 8.97. The lowest BCUT2D eigenvalue weighted by atomic mass is 10.1. The van der Waals surface area contributed by atoms with E-state index < -0.39 is 0 Å². The van der Waals surface area contributed by atoms with E-state index in [-0.39, 0.29) is 18.1 Å². The third-order valence-corrected chi connectivity index (χ3v) is 3.09. The molecule has 0 spiro atoms. The Kier molecular flexibility index (Phi) is 6.48. The molecule has 0 radical (unpaired) electrons. The fourth-order valence-corrected chi connectivity index (χ4v) is 2.04. The van der Waals surface area contributed by atoms with Crippen LogP contribution in [0.1, 0.15) is 25.5 Å². The molecule has 2 amide bonds. The van der Waals surface area contributed by atoms with Gasteiger partial charge >= 0.3 is 6.03 Å². The fourth-order valence-electron chi connectivity index (χ4n) is 2.04. The molecule has 0 heterocycles. The van der Waals surface area contributed by atoms with Gasteiger partial charge in [0.05, 0.1) is 0 Å². The number of rotatable bonds is 6. The second-order valence-electron chi connectivity index (χ2n) is 5.40. The SMILES string of the molecule is CNC(C)c1cccc(NC(=O)NC(C)CN(C)C)c1. The lowest BCUT2D eigenvalue weighted by Crippen LogP contribution is -2.41. The first-order valence-electron chi connectivity index (χ1n) is 6.92. The van der Waals surface area contributed by atoms with Gasteiger partial charge in [0.15, 0.2) is 0 Å². The first-order valence-corrected chi connectivity index (χ1v) is 6.92. The van der Waals surface area contributed by atoms with Gasteiger partial charge in [-0.05, 0) is 52.7 Å². The van der Waals surface area contributed by atoms with Gasteiger partial charge in [0.25, 0.3) is 0 Å². The molecule has 0 aliphatic rings. The van der Waals surface area contributed by atoms with Gasteiger partial charge < -0.3 is 20.9 Å². The molecule has 20 heavy (non-hydrogen) atoms. The Balaban J connectivity index is 2.57. The van der Waals surface area contributed by atoms with Crippen LogP contribution in [0.2, 0.25) is 0 Å². The van der Waals surface area contributed by atoms with E-state index in [1.165, 1.54) is 0 Å². The minimum Gasteiger partial charge on any atom is -0.334 e. The van der Waals surface area contributed by atoms with Gasteiger partial charge in [-0.1, -0.05) is 12.1 Å². The maximum atomic E-state index is 11.9. The standard InChI is InChI=1S/C15H26N4O/c1-11(10-19(4)5)17-15(20)18-14-8-6-7-13(9-14)12(2)16-3/h6-9,11-12,16H,10H2,1-5H3,(H2,17,18,20). The number of amides is 2. The third-order valence-electron chi connectivity index (χ3n) is 3.09. The Bertz CT molecular complexity index is 434. The molecule has 0 aliphatic carbocycles. The molecule has 2 unspecified atom stereocenters. The number of carbonyl (C=O) groups excluding carboxylic acids is 1. The van der Waals surface area contributed by atoms with Crippen molar-refractivity contribution in [2.75, 3.05) is 33.0 Å². The van der Waals surface area contributed by atoms with Crippen molar-refractivity contribution in [3.05, 3.63) is 29.8 Å². The second kappa shape index (κ2) is 7.87. The minimum atomic E-state index is -0.173. The molecule has 5 heteroatoms. The Morgan fingerprint density at radius 2 is 2.00 bits per heavy atom. The molecule has 5 nitrogen and oxygen atoms in total. The van der Waals surface area contributed by atoms with Crippen molar-refractivity contribution in [2.45, 2.75) is 25.9 Å². The summed E-state index contributed by atoms with van der Waals surface area (Å²) in [4.78, 5) is 13.9. The van der Waals surface area contributed by atoms with E-state index in [0.717, 1.165) is 17.8 Å². The van der Waals surface area contributed by atoms with Crippen LogP contribution in [0.25, 0.3) is 0 Å². The fraction of sp³-hybridized carbons (Fsp3) is 0.533. The summed E-state index contributed by atoms with van der Waals surface area (Å²) in [6.45, 7) is 4.88. The predicted octanol–water partition coefficient (Wildman–Crippen LogP) is 2.04. The smallest absolute Gasteiger partial charge is 0.319 e. The highest BCUT2D eigenvalue weighted by molar-refractivity contribution is 5.89. The molecule has 0 aliphatic heterocycles. The first-order chi connectivity index (χ1) is 9.42. The number of nitrogens with zero attached hydrogens (tertiary/aromatic N) is 1. The van der Waals surface area contributed by atoms with E-state index in [4.69, 9.17) is 0 Å². The lowest BCUT2D eigenvalue weighted by Gasteiger charge is -2.19. The molecule has 0 aromatic heterocycles.